The number of benzene rings is 1. The molecule has 0 fully saturated rings. The highest BCUT2D eigenvalue weighted by atomic mass is 16.5. The molecule has 0 amide bonds. The van der Waals surface area contributed by atoms with Crippen molar-refractivity contribution in [2.45, 2.75) is 6.92 Å². The van der Waals surface area contributed by atoms with Gasteiger partial charge in [0.25, 0.3) is 0 Å². The standard InChI is InChI=1S/C18H18O5/c1-10-6-11(19)7-16-17(10)18(20)14(9-23-16)13-5-4-12(21-2)8-15(13)22-3/h4-10,17,19H,1-3H3. The van der Waals surface area contributed by atoms with Crippen molar-refractivity contribution in [3.63, 3.8) is 0 Å². The van der Waals surface area contributed by atoms with Gasteiger partial charge in [-0.05, 0) is 24.1 Å². The minimum absolute atomic E-state index is 0.0535. The van der Waals surface area contributed by atoms with Gasteiger partial charge in [0.1, 0.15) is 29.3 Å². The van der Waals surface area contributed by atoms with Crippen LogP contribution in [-0.2, 0) is 9.53 Å². The maximum atomic E-state index is 12.9. The Balaban J connectivity index is 2.03. The maximum Gasteiger partial charge on any atom is 0.177 e. The fourth-order valence-electron chi connectivity index (χ4n) is 2.95. The zero-order valence-electron chi connectivity index (χ0n) is 13.2. The molecule has 0 radical (unpaired) electrons. The summed E-state index contributed by atoms with van der Waals surface area (Å²) in [6, 6.07) is 5.28. The van der Waals surface area contributed by atoms with Gasteiger partial charge in [-0.1, -0.05) is 6.92 Å². The van der Waals surface area contributed by atoms with Gasteiger partial charge >= 0.3 is 0 Å². The largest absolute Gasteiger partial charge is 0.508 e. The molecule has 1 aromatic carbocycles. The van der Waals surface area contributed by atoms with Crippen LogP contribution in [0.4, 0.5) is 0 Å². The SMILES string of the molecule is COc1ccc(C2=COC3=CC(O)=CC(C)C3C2=O)c(OC)c1. The van der Waals surface area contributed by atoms with Crippen LogP contribution in [0.3, 0.4) is 0 Å². The summed E-state index contributed by atoms with van der Waals surface area (Å²) in [5.41, 5.74) is 1.11. The van der Waals surface area contributed by atoms with E-state index in [0.717, 1.165) is 0 Å². The molecule has 23 heavy (non-hydrogen) atoms. The number of hydrogen-bond acceptors (Lipinski definition) is 5. The summed E-state index contributed by atoms with van der Waals surface area (Å²) in [4.78, 5) is 12.9. The lowest BCUT2D eigenvalue weighted by atomic mass is 9.79. The van der Waals surface area contributed by atoms with Crippen LogP contribution in [0.25, 0.3) is 5.57 Å². The first kappa shape index (κ1) is 15.2. The summed E-state index contributed by atoms with van der Waals surface area (Å²) < 4.78 is 16.2. The number of Topliss-reactive ketones (excluding diaryl/α,β-unsaturated/α-hetero) is 1. The lowest BCUT2D eigenvalue weighted by molar-refractivity contribution is -0.118. The third kappa shape index (κ3) is 2.59. The Hall–Kier alpha value is -2.69. The van der Waals surface area contributed by atoms with Gasteiger partial charge in [0, 0.05) is 17.7 Å². The Morgan fingerprint density at radius 1 is 1.22 bits per heavy atom. The Bertz CT molecular complexity index is 742. The number of carbonyl (C=O) groups is 1. The van der Waals surface area contributed by atoms with Gasteiger partial charge < -0.3 is 19.3 Å². The molecule has 3 rings (SSSR count). The van der Waals surface area contributed by atoms with Crippen LogP contribution in [0.15, 0.2) is 48.1 Å². The van der Waals surface area contributed by atoms with E-state index in [1.807, 2.05) is 6.92 Å². The number of methoxy groups -OCH3 is 2. The number of carbonyl (C=O) groups excluding carboxylic acids is 1. The molecule has 120 valence electrons. The Morgan fingerprint density at radius 3 is 2.70 bits per heavy atom. The van der Waals surface area contributed by atoms with E-state index in [4.69, 9.17) is 14.2 Å². The molecule has 0 bridgehead atoms. The predicted octanol–water partition coefficient (Wildman–Crippen LogP) is 3.24. The molecule has 2 unspecified atom stereocenters. The van der Waals surface area contributed by atoms with Crippen LogP contribution in [0.2, 0.25) is 0 Å². The smallest absolute Gasteiger partial charge is 0.177 e. The average Bonchev–Trinajstić information content (AvgIpc) is 2.54. The average molecular weight is 314 g/mol. The van der Waals surface area contributed by atoms with Gasteiger partial charge in [-0.25, -0.2) is 0 Å². The highest BCUT2D eigenvalue weighted by molar-refractivity contribution is 6.23. The van der Waals surface area contributed by atoms with Crippen molar-refractivity contribution < 1.29 is 24.1 Å². The highest BCUT2D eigenvalue weighted by Gasteiger charge is 2.38. The summed E-state index contributed by atoms with van der Waals surface area (Å²) in [6.45, 7) is 1.88. The lowest BCUT2D eigenvalue weighted by Crippen LogP contribution is -2.30. The van der Waals surface area contributed by atoms with Crippen molar-refractivity contribution >= 4 is 11.4 Å². The van der Waals surface area contributed by atoms with Crippen LogP contribution in [0.1, 0.15) is 12.5 Å². The number of ether oxygens (including phenoxy) is 3. The number of ketones is 1. The molecule has 1 aromatic rings. The normalized spacial score (nSPS) is 23.1. The molecule has 1 aliphatic heterocycles. The van der Waals surface area contributed by atoms with E-state index in [1.165, 1.54) is 12.3 Å². The second kappa shape index (κ2) is 5.83. The van der Waals surface area contributed by atoms with E-state index in [0.29, 0.717) is 28.4 Å². The minimum Gasteiger partial charge on any atom is -0.508 e. The van der Waals surface area contributed by atoms with E-state index < -0.39 is 5.92 Å². The number of aliphatic hydroxyl groups is 1. The predicted molar refractivity (Wildman–Crippen MR) is 85.1 cm³/mol. The van der Waals surface area contributed by atoms with Crippen molar-refractivity contribution in [3.8, 4) is 11.5 Å². The maximum absolute atomic E-state index is 12.9. The van der Waals surface area contributed by atoms with E-state index >= 15 is 0 Å². The number of fused-ring (bicyclic) bond motifs is 1. The van der Waals surface area contributed by atoms with Crippen LogP contribution >= 0.6 is 0 Å². The van der Waals surface area contributed by atoms with Crippen molar-refractivity contribution in [1.29, 1.82) is 0 Å². The fraction of sp³-hybridized carbons (Fsp3) is 0.278. The van der Waals surface area contributed by atoms with Gasteiger partial charge in [0.05, 0.1) is 25.7 Å². The molecule has 1 heterocycles. The van der Waals surface area contributed by atoms with E-state index in [-0.39, 0.29) is 17.5 Å². The molecule has 0 aromatic heterocycles. The molecule has 2 aliphatic rings. The highest BCUT2D eigenvalue weighted by Crippen LogP contribution is 2.40. The van der Waals surface area contributed by atoms with Crippen molar-refractivity contribution in [2.24, 2.45) is 11.8 Å². The first-order valence-corrected chi connectivity index (χ1v) is 7.31. The summed E-state index contributed by atoms with van der Waals surface area (Å²) in [7, 11) is 3.12. The van der Waals surface area contributed by atoms with Crippen molar-refractivity contribution in [1.82, 2.24) is 0 Å². The number of hydrogen-bond donors (Lipinski definition) is 1. The Morgan fingerprint density at radius 2 is 2.00 bits per heavy atom. The monoisotopic (exact) mass is 314 g/mol. The second-order valence-electron chi connectivity index (χ2n) is 5.55. The Labute approximate surface area is 134 Å². The molecule has 5 nitrogen and oxygen atoms in total. The number of aliphatic hydroxyl groups excluding tert-OH is 1. The quantitative estimate of drug-likeness (QED) is 0.928. The number of allylic oxidation sites excluding steroid dienone is 4. The van der Waals surface area contributed by atoms with Crippen LogP contribution < -0.4 is 9.47 Å². The van der Waals surface area contributed by atoms with E-state index in [1.54, 1.807) is 38.5 Å². The van der Waals surface area contributed by atoms with Crippen LogP contribution in [0.5, 0.6) is 11.5 Å². The van der Waals surface area contributed by atoms with Crippen LogP contribution in [0, 0.1) is 11.8 Å². The third-order valence-electron chi connectivity index (χ3n) is 4.12. The molecule has 1 N–H and O–H groups in total. The van der Waals surface area contributed by atoms with Gasteiger partial charge in [0.2, 0.25) is 0 Å². The van der Waals surface area contributed by atoms with Gasteiger partial charge in [-0.3, -0.25) is 4.79 Å². The van der Waals surface area contributed by atoms with E-state index in [9.17, 15) is 9.90 Å². The first-order chi connectivity index (χ1) is 11.0. The van der Waals surface area contributed by atoms with Crippen molar-refractivity contribution in [3.05, 3.63) is 53.7 Å². The third-order valence-corrected chi connectivity index (χ3v) is 4.12. The fourth-order valence-corrected chi connectivity index (χ4v) is 2.95. The second-order valence-corrected chi connectivity index (χ2v) is 5.55. The summed E-state index contributed by atoms with van der Waals surface area (Å²) >= 11 is 0. The zero-order valence-corrected chi connectivity index (χ0v) is 13.2. The molecule has 1 aliphatic carbocycles. The molecule has 0 spiro atoms. The topological polar surface area (TPSA) is 65.0 Å². The molecular formula is C18H18O5. The summed E-state index contributed by atoms with van der Waals surface area (Å²) in [5.74, 6) is 1.15. The van der Waals surface area contributed by atoms with Gasteiger partial charge in [-0.15, -0.1) is 0 Å². The van der Waals surface area contributed by atoms with Crippen LogP contribution in [-0.4, -0.2) is 25.1 Å². The summed E-state index contributed by atoms with van der Waals surface area (Å²) in [5, 5.41) is 9.67. The first-order valence-electron chi connectivity index (χ1n) is 7.31. The van der Waals surface area contributed by atoms with Gasteiger partial charge in [-0.2, -0.15) is 0 Å². The Kier molecular flexibility index (Phi) is 3.86. The molecule has 0 saturated heterocycles. The lowest BCUT2D eigenvalue weighted by Gasteiger charge is -2.30. The van der Waals surface area contributed by atoms with Crippen molar-refractivity contribution in [2.75, 3.05) is 14.2 Å². The molecule has 0 saturated carbocycles. The molecule has 2 atom stereocenters. The van der Waals surface area contributed by atoms with E-state index in [2.05, 4.69) is 0 Å². The van der Waals surface area contributed by atoms with Gasteiger partial charge in [0.15, 0.2) is 5.78 Å². The zero-order chi connectivity index (χ0) is 16.6. The molecule has 5 heteroatoms. The molecular weight excluding hydrogens is 296 g/mol. The minimum atomic E-state index is -0.433. The summed E-state index contributed by atoms with van der Waals surface area (Å²) in [6.07, 6.45) is 4.56. The number of rotatable bonds is 3.